The molecule has 4 rings (SSSR count). The standard InChI is InChI=1S/C25H21N3O5S/c1-14-18(25(31)32-3)24(34-21(14)23(30)26-17-12-8-5-9-13-17)27-22(29)19-15(2)33-28-20(19)16-10-6-4-7-11-16/h4-13H,1-3H3,(H,26,30)(H,27,29). The van der Waals surface area contributed by atoms with Crippen molar-refractivity contribution in [2.24, 2.45) is 0 Å². The van der Waals surface area contributed by atoms with E-state index >= 15 is 0 Å². The largest absolute Gasteiger partial charge is 0.465 e. The highest BCUT2D eigenvalue weighted by Crippen LogP contribution is 2.35. The average molecular weight is 476 g/mol. The number of hydrogen-bond acceptors (Lipinski definition) is 7. The van der Waals surface area contributed by atoms with E-state index in [1.165, 1.54) is 7.11 Å². The highest BCUT2D eigenvalue weighted by atomic mass is 32.1. The Labute approximate surface area is 199 Å². The van der Waals surface area contributed by atoms with Crippen LogP contribution in [0.5, 0.6) is 0 Å². The van der Waals surface area contributed by atoms with E-state index in [0.717, 1.165) is 11.3 Å². The monoisotopic (exact) mass is 475 g/mol. The molecular formula is C25H21N3O5S. The molecule has 0 spiro atoms. The van der Waals surface area contributed by atoms with Crippen LogP contribution < -0.4 is 10.6 Å². The second kappa shape index (κ2) is 9.72. The third kappa shape index (κ3) is 4.46. The minimum absolute atomic E-state index is 0.120. The molecule has 8 nitrogen and oxygen atoms in total. The fourth-order valence-corrected chi connectivity index (χ4v) is 4.56. The number of ether oxygens (including phenoxy) is 1. The smallest absolute Gasteiger partial charge is 0.341 e. The third-order valence-corrected chi connectivity index (χ3v) is 6.34. The van der Waals surface area contributed by atoms with Gasteiger partial charge in [-0.2, -0.15) is 0 Å². The number of aromatic nitrogens is 1. The molecule has 0 radical (unpaired) electrons. The quantitative estimate of drug-likeness (QED) is 0.366. The minimum Gasteiger partial charge on any atom is -0.465 e. The minimum atomic E-state index is -0.659. The zero-order chi connectivity index (χ0) is 24.2. The first-order valence-corrected chi connectivity index (χ1v) is 11.1. The number of thiophene rings is 1. The van der Waals surface area contributed by atoms with Crippen molar-refractivity contribution >= 4 is 39.8 Å². The van der Waals surface area contributed by atoms with E-state index in [0.29, 0.717) is 28.3 Å². The molecule has 0 aliphatic heterocycles. The summed E-state index contributed by atoms with van der Waals surface area (Å²) < 4.78 is 10.2. The molecule has 2 heterocycles. The second-order valence-corrected chi connectivity index (χ2v) is 8.38. The van der Waals surface area contributed by atoms with Crippen molar-refractivity contribution in [1.29, 1.82) is 0 Å². The SMILES string of the molecule is COC(=O)c1c(NC(=O)c2c(-c3ccccc3)noc2C)sc(C(=O)Nc2ccccc2)c1C. The number of benzene rings is 2. The number of rotatable bonds is 6. The highest BCUT2D eigenvalue weighted by Gasteiger charge is 2.29. The first-order chi connectivity index (χ1) is 16.4. The lowest BCUT2D eigenvalue weighted by Crippen LogP contribution is -2.15. The molecule has 172 valence electrons. The first kappa shape index (κ1) is 22.9. The lowest BCUT2D eigenvalue weighted by atomic mass is 10.1. The number of nitrogens with zero attached hydrogens (tertiary/aromatic N) is 1. The van der Waals surface area contributed by atoms with Gasteiger partial charge in [-0.25, -0.2) is 4.79 Å². The predicted molar refractivity (Wildman–Crippen MR) is 129 cm³/mol. The van der Waals surface area contributed by atoms with Crippen LogP contribution in [0.1, 0.15) is 41.7 Å². The van der Waals surface area contributed by atoms with Crippen LogP contribution in [0.15, 0.2) is 65.2 Å². The molecule has 0 aliphatic carbocycles. The van der Waals surface area contributed by atoms with Gasteiger partial charge in [0.05, 0.1) is 17.6 Å². The van der Waals surface area contributed by atoms with Crippen LogP contribution >= 0.6 is 11.3 Å². The van der Waals surface area contributed by atoms with Gasteiger partial charge in [0.1, 0.15) is 22.0 Å². The van der Waals surface area contributed by atoms with Crippen molar-refractivity contribution in [3.05, 3.63) is 88.0 Å². The van der Waals surface area contributed by atoms with Crippen LogP contribution in [0.4, 0.5) is 10.7 Å². The van der Waals surface area contributed by atoms with Crippen LogP contribution in [0.25, 0.3) is 11.3 Å². The Hall–Kier alpha value is -4.24. The van der Waals surface area contributed by atoms with Crippen LogP contribution in [0.2, 0.25) is 0 Å². The summed E-state index contributed by atoms with van der Waals surface area (Å²) in [5.74, 6) is -1.25. The Bertz CT molecular complexity index is 1360. The van der Waals surface area contributed by atoms with Gasteiger partial charge in [0.2, 0.25) is 0 Å². The molecule has 0 fully saturated rings. The van der Waals surface area contributed by atoms with Crippen LogP contribution in [-0.4, -0.2) is 30.1 Å². The summed E-state index contributed by atoms with van der Waals surface area (Å²) in [5, 5.41) is 9.79. The van der Waals surface area contributed by atoms with Crippen LogP contribution in [0, 0.1) is 13.8 Å². The molecule has 2 N–H and O–H groups in total. The molecule has 34 heavy (non-hydrogen) atoms. The second-order valence-electron chi connectivity index (χ2n) is 7.35. The molecule has 9 heteroatoms. The van der Waals surface area contributed by atoms with Crippen molar-refractivity contribution < 1.29 is 23.6 Å². The topological polar surface area (TPSA) is 111 Å². The number of amides is 2. The summed E-state index contributed by atoms with van der Waals surface area (Å²) in [5.41, 5.74) is 2.47. The maximum absolute atomic E-state index is 13.3. The summed E-state index contributed by atoms with van der Waals surface area (Å²) in [7, 11) is 1.24. The van der Waals surface area contributed by atoms with Crippen LogP contribution in [0.3, 0.4) is 0 Å². The number of carbonyl (C=O) groups is 3. The van der Waals surface area contributed by atoms with E-state index in [-0.39, 0.29) is 21.0 Å². The lowest BCUT2D eigenvalue weighted by molar-refractivity contribution is 0.0601. The molecule has 2 amide bonds. The van der Waals surface area contributed by atoms with Crippen molar-refractivity contribution in [2.45, 2.75) is 13.8 Å². The van der Waals surface area contributed by atoms with Crippen molar-refractivity contribution in [2.75, 3.05) is 17.7 Å². The average Bonchev–Trinajstić information content (AvgIpc) is 3.39. The first-order valence-electron chi connectivity index (χ1n) is 10.3. The van der Waals surface area contributed by atoms with Gasteiger partial charge in [0.25, 0.3) is 11.8 Å². The van der Waals surface area contributed by atoms with Gasteiger partial charge >= 0.3 is 5.97 Å². The Morgan fingerprint density at radius 3 is 2.18 bits per heavy atom. The van der Waals surface area contributed by atoms with Crippen molar-refractivity contribution in [3.63, 3.8) is 0 Å². The van der Waals surface area contributed by atoms with E-state index < -0.39 is 17.8 Å². The zero-order valence-corrected chi connectivity index (χ0v) is 19.5. The number of esters is 1. The Balaban J connectivity index is 1.69. The number of hydrogen-bond donors (Lipinski definition) is 2. The fraction of sp³-hybridized carbons (Fsp3) is 0.120. The Morgan fingerprint density at radius 1 is 0.882 bits per heavy atom. The number of para-hydroxylation sites is 1. The summed E-state index contributed by atoms with van der Waals surface area (Å²) in [4.78, 5) is 39.0. The van der Waals surface area contributed by atoms with Crippen molar-refractivity contribution in [3.8, 4) is 11.3 Å². The number of methoxy groups -OCH3 is 1. The number of nitrogens with one attached hydrogen (secondary N) is 2. The number of anilines is 2. The summed E-state index contributed by atoms with van der Waals surface area (Å²) in [6.07, 6.45) is 0. The molecular weight excluding hydrogens is 454 g/mol. The molecule has 0 unspecified atom stereocenters. The van der Waals surface area contributed by atoms with E-state index in [4.69, 9.17) is 9.26 Å². The number of carbonyl (C=O) groups excluding carboxylic acids is 3. The number of aryl methyl sites for hydroxylation is 1. The lowest BCUT2D eigenvalue weighted by Gasteiger charge is -2.07. The highest BCUT2D eigenvalue weighted by molar-refractivity contribution is 7.19. The third-order valence-electron chi connectivity index (χ3n) is 5.14. The van der Waals surface area contributed by atoms with Gasteiger partial charge < -0.3 is 19.9 Å². The summed E-state index contributed by atoms with van der Waals surface area (Å²) in [6, 6.07) is 18.1. The van der Waals surface area contributed by atoms with E-state index in [1.807, 2.05) is 36.4 Å². The van der Waals surface area contributed by atoms with Gasteiger partial charge in [-0.05, 0) is 31.5 Å². The molecule has 4 aromatic rings. The van der Waals surface area contributed by atoms with Gasteiger partial charge in [0.15, 0.2) is 0 Å². The molecule has 2 aromatic heterocycles. The Morgan fingerprint density at radius 2 is 1.53 bits per heavy atom. The van der Waals surface area contributed by atoms with E-state index in [9.17, 15) is 14.4 Å². The zero-order valence-electron chi connectivity index (χ0n) is 18.7. The maximum Gasteiger partial charge on any atom is 0.341 e. The van der Waals surface area contributed by atoms with Gasteiger partial charge in [-0.15, -0.1) is 11.3 Å². The van der Waals surface area contributed by atoms with Crippen molar-refractivity contribution in [1.82, 2.24) is 5.16 Å². The summed E-state index contributed by atoms with van der Waals surface area (Å²) >= 11 is 0.994. The molecule has 0 saturated carbocycles. The molecule has 0 atom stereocenters. The predicted octanol–water partition coefficient (Wildman–Crippen LogP) is 5.31. The normalized spacial score (nSPS) is 10.6. The van der Waals surface area contributed by atoms with Gasteiger partial charge in [-0.3, -0.25) is 9.59 Å². The molecule has 0 aliphatic rings. The maximum atomic E-state index is 13.3. The summed E-state index contributed by atoms with van der Waals surface area (Å²) in [6.45, 7) is 3.27. The van der Waals surface area contributed by atoms with E-state index in [1.54, 1.807) is 38.1 Å². The van der Waals surface area contributed by atoms with Gasteiger partial charge in [0, 0.05) is 11.3 Å². The fourth-order valence-electron chi connectivity index (χ4n) is 3.47. The molecule has 0 saturated heterocycles. The molecule has 2 aromatic carbocycles. The van der Waals surface area contributed by atoms with E-state index in [2.05, 4.69) is 15.8 Å². The Kier molecular flexibility index (Phi) is 6.55. The van der Waals surface area contributed by atoms with Crippen LogP contribution in [-0.2, 0) is 4.74 Å². The molecule has 0 bridgehead atoms. The van der Waals surface area contributed by atoms with Gasteiger partial charge in [-0.1, -0.05) is 53.7 Å².